The quantitative estimate of drug-likeness (QED) is 0.741. The number of nitrogens with zero attached hydrogens (tertiary/aromatic N) is 1. The van der Waals surface area contributed by atoms with Crippen molar-refractivity contribution in [3.05, 3.63) is 54.0 Å². The number of hydrogen-bond donors (Lipinski definition) is 0. The van der Waals surface area contributed by atoms with Crippen molar-refractivity contribution in [2.24, 2.45) is 0 Å². The van der Waals surface area contributed by atoms with Gasteiger partial charge in [-0.15, -0.1) is 0 Å². The molecule has 16 heavy (non-hydrogen) atoms. The molecule has 2 aromatic rings. The molecule has 1 nitrogen and oxygen atoms in total. The van der Waals surface area contributed by atoms with E-state index in [2.05, 4.69) is 11.1 Å². The van der Waals surface area contributed by atoms with Crippen LogP contribution in [0.5, 0.6) is 0 Å². The first-order valence-electron chi connectivity index (χ1n) is 5.47. The molecule has 79 valence electrons. The molecule has 1 aromatic carbocycles. The maximum Gasteiger partial charge on any atom is 0.126 e. The molecule has 0 saturated heterocycles. The molecule has 1 heterocycles. The summed E-state index contributed by atoms with van der Waals surface area (Å²) in [6.45, 7) is 0. The molecule has 3 rings (SSSR count). The third-order valence-corrected chi connectivity index (χ3v) is 2.89. The summed E-state index contributed by atoms with van der Waals surface area (Å²) >= 11 is 0. The summed E-state index contributed by atoms with van der Waals surface area (Å²) in [5.74, 6) is 0.325. The lowest BCUT2D eigenvalue weighted by atomic mass is 10.0. The van der Waals surface area contributed by atoms with Crippen LogP contribution in [0.4, 0.5) is 4.39 Å². The Kier molecular flexibility index (Phi) is 2.21. The Morgan fingerprint density at radius 2 is 2.19 bits per heavy atom. The molecular formula is C14H11FN. The van der Waals surface area contributed by atoms with Crippen LogP contribution in [0.2, 0.25) is 0 Å². The van der Waals surface area contributed by atoms with Crippen LogP contribution in [0.1, 0.15) is 24.3 Å². The minimum Gasteiger partial charge on any atom is -0.256 e. The van der Waals surface area contributed by atoms with Crippen molar-refractivity contribution in [3.8, 4) is 11.3 Å². The Morgan fingerprint density at radius 1 is 1.31 bits per heavy atom. The zero-order chi connectivity index (χ0) is 11.0. The fraction of sp³-hybridized carbons (Fsp3) is 0.214. The van der Waals surface area contributed by atoms with Gasteiger partial charge in [0.2, 0.25) is 0 Å². The Balaban J connectivity index is 2.05. The average molecular weight is 212 g/mol. The third kappa shape index (κ3) is 1.71. The predicted octanol–water partition coefficient (Wildman–Crippen LogP) is 3.57. The average Bonchev–Trinajstić information content (AvgIpc) is 3.15. The Hall–Kier alpha value is -1.70. The molecule has 0 bridgehead atoms. The van der Waals surface area contributed by atoms with Gasteiger partial charge < -0.3 is 0 Å². The van der Waals surface area contributed by atoms with Gasteiger partial charge >= 0.3 is 0 Å². The summed E-state index contributed by atoms with van der Waals surface area (Å²) < 4.78 is 13.5. The molecule has 2 heteroatoms. The highest BCUT2D eigenvalue weighted by Gasteiger charge is 2.26. The highest BCUT2D eigenvalue weighted by molar-refractivity contribution is 5.59. The monoisotopic (exact) mass is 212 g/mol. The minimum absolute atomic E-state index is 0.0952. The van der Waals surface area contributed by atoms with E-state index in [0.717, 1.165) is 29.7 Å². The van der Waals surface area contributed by atoms with E-state index in [1.807, 2.05) is 18.2 Å². The van der Waals surface area contributed by atoms with Crippen LogP contribution >= 0.6 is 0 Å². The fourth-order valence-corrected chi connectivity index (χ4v) is 1.88. The smallest absolute Gasteiger partial charge is 0.126 e. The molecule has 1 fully saturated rings. The predicted molar refractivity (Wildman–Crippen MR) is 60.4 cm³/mol. The topological polar surface area (TPSA) is 12.9 Å². The van der Waals surface area contributed by atoms with E-state index in [0.29, 0.717) is 5.92 Å². The van der Waals surface area contributed by atoms with Gasteiger partial charge in [0.25, 0.3) is 0 Å². The van der Waals surface area contributed by atoms with Gasteiger partial charge in [-0.05, 0) is 48.6 Å². The van der Waals surface area contributed by atoms with E-state index in [4.69, 9.17) is 0 Å². The Bertz CT molecular complexity index is 503. The van der Waals surface area contributed by atoms with Gasteiger partial charge in [-0.1, -0.05) is 6.07 Å². The highest BCUT2D eigenvalue weighted by atomic mass is 19.1. The molecular weight excluding hydrogens is 201 g/mol. The van der Waals surface area contributed by atoms with Crippen molar-refractivity contribution < 1.29 is 4.39 Å². The lowest BCUT2D eigenvalue weighted by molar-refractivity contribution is 0.611. The second-order valence-electron chi connectivity index (χ2n) is 4.14. The van der Waals surface area contributed by atoms with Crippen LogP contribution in [-0.2, 0) is 0 Å². The van der Waals surface area contributed by atoms with Crippen LogP contribution in [0, 0.1) is 11.9 Å². The fourth-order valence-electron chi connectivity index (χ4n) is 1.88. The standard InChI is InChI=1S/C14H11FN/c15-13-7-6-11(9-12(13)10-4-5-10)14-3-1-2-8-16-14/h1-2,6-10H,4-5H2. The van der Waals surface area contributed by atoms with E-state index in [9.17, 15) is 4.39 Å². The SMILES string of the molecule is Fc1ccc(-c2[c]cccn2)cc1C1CC1. The van der Waals surface area contributed by atoms with E-state index in [1.54, 1.807) is 12.3 Å². The molecule has 1 saturated carbocycles. The summed E-state index contributed by atoms with van der Waals surface area (Å²) in [6.07, 6.45) is 3.94. The molecule has 0 spiro atoms. The summed E-state index contributed by atoms with van der Waals surface area (Å²) in [4.78, 5) is 4.22. The van der Waals surface area contributed by atoms with Crippen LogP contribution in [0.3, 0.4) is 0 Å². The molecule has 0 amide bonds. The van der Waals surface area contributed by atoms with Gasteiger partial charge in [-0.25, -0.2) is 4.39 Å². The van der Waals surface area contributed by atoms with Gasteiger partial charge in [0.1, 0.15) is 5.82 Å². The molecule has 1 aromatic heterocycles. The summed E-state index contributed by atoms with van der Waals surface area (Å²) in [6, 6.07) is 11.9. The van der Waals surface area contributed by atoms with Crippen molar-refractivity contribution >= 4 is 0 Å². The van der Waals surface area contributed by atoms with Crippen molar-refractivity contribution in [2.45, 2.75) is 18.8 Å². The van der Waals surface area contributed by atoms with Crippen LogP contribution in [0.25, 0.3) is 11.3 Å². The van der Waals surface area contributed by atoms with Gasteiger partial charge in [0, 0.05) is 17.8 Å². The largest absolute Gasteiger partial charge is 0.256 e. The minimum atomic E-state index is -0.0952. The number of benzene rings is 1. The maximum absolute atomic E-state index is 13.5. The van der Waals surface area contributed by atoms with Crippen molar-refractivity contribution in [2.75, 3.05) is 0 Å². The van der Waals surface area contributed by atoms with Crippen LogP contribution in [0.15, 0.2) is 36.5 Å². The molecule has 0 atom stereocenters. The van der Waals surface area contributed by atoms with Crippen molar-refractivity contribution in [1.82, 2.24) is 4.98 Å². The van der Waals surface area contributed by atoms with Gasteiger partial charge in [-0.3, -0.25) is 4.98 Å². The first kappa shape index (κ1) is 9.52. The zero-order valence-corrected chi connectivity index (χ0v) is 8.78. The summed E-state index contributed by atoms with van der Waals surface area (Å²) in [7, 11) is 0. The number of hydrogen-bond acceptors (Lipinski definition) is 1. The first-order valence-corrected chi connectivity index (χ1v) is 5.47. The van der Waals surface area contributed by atoms with E-state index >= 15 is 0 Å². The van der Waals surface area contributed by atoms with Crippen LogP contribution < -0.4 is 0 Å². The van der Waals surface area contributed by atoms with Gasteiger partial charge in [0.05, 0.1) is 5.69 Å². The van der Waals surface area contributed by atoms with E-state index in [1.165, 1.54) is 6.07 Å². The second-order valence-corrected chi connectivity index (χ2v) is 4.14. The highest BCUT2D eigenvalue weighted by Crippen LogP contribution is 2.42. The number of rotatable bonds is 2. The van der Waals surface area contributed by atoms with Gasteiger partial charge in [0.15, 0.2) is 0 Å². The molecule has 0 N–H and O–H groups in total. The Morgan fingerprint density at radius 3 is 2.88 bits per heavy atom. The molecule has 1 aliphatic rings. The molecule has 1 aliphatic carbocycles. The normalized spacial score (nSPS) is 15.1. The van der Waals surface area contributed by atoms with E-state index in [-0.39, 0.29) is 5.82 Å². The van der Waals surface area contributed by atoms with Gasteiger partial charge in [-0.2, -0.15) is 0 Å². The van der Waals surface area contributed by atoms with Crippen LogP contribution in [-0.4, -0.2) is 4.98 Å². The molecule has 0 aliphatic heterocycles. The van der Waals surface area contributed by atoms with Crippen molar-refractivity contribution in [1.29, 1.82) is 0 Å². The third-order valence-electron chi connectivity index (χ3n) is 2.89. The maximum atomic E-state index is 13.5. The Labute approximate surface area is 94.0 Å². The first-order chi connectivity index (χ1) is 7.84. The lowest BCUT2D eigenvalue weighted by Gasteiger charge is -2.04. The number of pyridine rings is 1. The second kappa shape index (κ2) is 3.71. The number of aromatic nitrogens is 1. The summed E-state index contributed by atoms with van der Waals surface area (Å²) in [5.41, 5.74) is 2.56. The van der Waals surface area contributed by atoms with Crippen molar-refractivity contribution in [3.63, 3.8) is 0 Å². The lowest BCUT2D eigenvalue weighted by Crippen LogP contribution is -1.90. The summed E-state index contributed by atoms with van der Waals surface area (Å²) in [5, 5.41) is 0. The number of halogens is 1. The molecule has 0 unspecified atom stereocenters. The van der Waals surface area contributed by atoms with E-state index < -0.39 is 0 Å². The zero-order valence-electron chi connectivity index (χ0n) is 8.78. The molecule has 1 radical (unpaired) electrons.